The highest BCUT2D eigenvalue weighted by Gasteiger charge is 2.57. The number of nitrogens with two attached hydrogens (primary N) is 1. The van der Waals surface area contributed by atoms with E-state index in [2.05, 4.69) is 0 Å². The normalized spacial score (nSPS) is 25.2. The number of ether oxygens (including phenoxy) is 7. The number of methoxy groups -OCH3 is 1. The lowest BCUT2D eigenvalue weighted by Gasteiger charge is -2.48. The summed E-state index contributed by atoms with van der Waals surface area (Å²) in [4.78, 5) is 12.0. The summed E-state index contributed by atoms with van der Waals surface area (Å²) in [7, 11) is 1.40. The van der Waals surface area contributed by atoms with Gasteiger partial charge in [0.05, 0.1) is 13.2 Å². The van der Waals surface area contributed by atoms with E-state index < -0.39 is 54.9 Å². The van der Waals surface area contributed by atoms with Crippen LogP contribution in [0.4, 0.5) is 8.78 Å². The number of halogens is 2. The van der Waals surface area contributed by atoms with Crippen molar-refractivity contribution in [3.8, 4) is 0 Å². The van der Waals surface area contributed by atoms with Crippen LogP contribution in [0.25, 0.3) is 0 Å². The molecule has 1 fully saturated rings. The van der Waals surface area contributed by atoms with Crippen LogP contribution in [0, 0.1) is 0 Å². The van der Waals surface area contributed by atoms with Crippen molar-refractivity contribution in [1.82, 2.24) is 0 Å². The predicted molar refractivity (Wildman–Crippen MR) is 135 cm³/mol. The number of hydrogen-bond acceptors (Lipinski definition) is 9. The van der Waals surface area contributed by atoms with E-state index in [0.29, 0.717) is 19.8 Å². The van der Waals surface area contributed by atoms with E-state index in [1.807, 2.05) is 20.8 Å². The molecular weight excluding hydrogens is 492 g/mol. The third kappa shape index (κ3) is 11.8. The van der Waals surface area contributed by atoms with Crippen LogP contribution in [0.15, 0.2) is 0 Å². The number of carbonyl (C=O) groups excluding carboxylic acids is 1. The van der Waals surface area contributed by atoms with Crippen molar-refractivity contribution in [2.45, 2.75) is 115 Å². The molecular formula is C26H49F2NO8. The fourth-order valence-electron chi connectivity index (χ4n) is 4.02. The number of alkyl halides is 2. The zero-order valence-corrected chi connectivity index (χ0v) is 23.3. The van der Waals surface area contributed by atoms with Crippen LogP contribution < -0.4 is 5.73 Å². The first-order chi connectivity index (χ1) is 17.8. The van der Waals surface area contributed by atoms with Crippen molar-refractivity contribution in [2.24, 2.45) is 5.73 Å². The molecule has 1 aliphatic heterocycles. The molecule has 0 bridgehead atoms. The lowest BCUT2D eigenvalue weighted by molar-refractivity contribution is -0.314. The highest BCUT2D eigenvalue weighted by Crippen LogP contribution is 2.38. The van der Waals surface area contributed by atoms with Gasteiger partial charge in [-0.15, -0.1) is 0 Å². The highest BCUT2D eigenvalue weighted by atomic mass is 19.3. The van der Waals surface area contributed by atoms with Crippen LogP contribution in [-0.2, 0) is 38.0 Å². The van der Waals surface area contributed by atoms with Crippen molar-refractivity contribution in [3.05, 3.63) is 0 Å². The molecule has 0 spiro atoms. The minimum atomic E-state index is -3.55. The van der Waals surface area contributed by atoms with Crippen LogP contribution in [0.1, 0.15) is 72.6 Å². The summed E-state index contributed by atoms with van der Waals surface area (Å²) in [6, 6.07) is -1.53. The molecule has 2 N–H and O–H groups in total. The number of carbonyl (C=O) groups is 1. The molecule has 1 aliphatic rings. The van der Waals surface area contributed by atoms with E-state index >= 15 is 8.78 Å². The maximum atomic E-state index is 15.8. The molecule has 0 aromatic carbocycles. The first kappa shape index (κ1) is 34.1. The molecule has 0 aliphatic carbocycles. The van der Waals surface area contributed by atoms with Crippen molar-refractivity contribution in [3.63, 3.8) is 0 Å². The molecule has 0 aromatic heterocycles. The maximum Gasteiger partial charge on any atom is 0.323 e. The molecule has 6 atom stereocenters. The minimum Gasteiger partial charge on any atom is -0.465 e. The SMILES string of the molecule is CCCCOC[C@H]1O[C@H](C(F)(F)C[C@@H](N)C(=O)OCC)[C@H](OCOC)[C@@H](OCCCC)[C@H]1OCCCC. The Morgan fingerprint density at radius 1 is 0.919 bits per heavy atom. The summed E-state index contributed by atoms with van der Waals surface area (Å²) in [5.74, 6) is -4.45. The fraction of sp³-hybridized carbons (Fsp3) is 0.962. The van der Waals surface area contributed by atoms with E-state index in [0.717, 1.165) is 38.5 Å². The van der Waals surface area contributed by atoms with E-state index in [4.69, 9.17) is 38.9 Å². The van der Waals surface area contributed by atoms with E-state index in [-0.39, 0.29) is 20.0 Å². The quantitative estimate of drug-likeness (QED) is 0.132. The van der Waals surface area contributed by atoms with Gasteiger partial charge < -0.3 is 38.9 Å². The number of hydrogen-bond donors (Lipinski definition) is 1. The predicted octanol–water partition coefficient (Wildman–Crippen LogP) is 3.85. The molecule has 0 radical (unpaired) electrons. The van der Waals surface area contributed by atoms with Gasteiger partial charge in [-0.2, -0.15) is 0 Å². The van der Waals surface area contributed by atoms with Gasteiger partial charge >= 0.3 is 5.97 Å². The summed E-state index contributed by atoms with van der Waals surface area (Å²) < 4.78 is 71.3. The minimum absolute atomic E-state index is 0.0406. The van der Waals surface area contributed by atoms with Gasteiger partial charge in [-0.05, 0) is 26.2 Å². The average molecular weight is 542 g/mol. The number of rotatable bonds is 21. The van der Waals surface area contributed by atoms with Gasteiger partial charge in [0.1, 0.15) is 37.3 Å². The maximum absolute atomic E-state index is 15.8. The zero-order valence-electron chi connectivity index (χ0n) is 23.3. The van der Waals surface area contributed by atoms with Gasteiger partial charge in [0.2, 0.25) is 0 Å². The Kier molecular flexibility index (Phi) is 17.6. The Hall–Kier alpha value is -0.950. The molecule has 0 unspecified atom stereocenters. The molecule has 1 rings (SSSR count). The zero-order chi connectivity index (χ0) is 27.7. The Bertz CT molecular complexity index is 601. The molecule has 0 saturated carbocycles. The highest BCUT2D eigenvalue weighted by molar-refractivity contribution is 5.75. The summed E-state index contributed by atoms with van der Waals surface area (Å²) in [5, 5.41) is 0. The van der Waals surface area contributed by atoms with Gasteiger partial charge in [-0.1, -0.05) is 40.0 Å². The Labute approximate surface area is 220 Å². The lowest BCUT2D eigenvalue weighted by Crippen LogP contribution is -2.66. The molecule has 0 aromatic rings. The van der Waals surface area contributed by atoms with Crippen molar-refractivity contribution >= 4 is 5.97 Å². The van der Waals surface area contributed by atoms with Crippen LogP contribution >= 0.6 is 0 Å². The summed E-state index contributed by atoms with van der Waals surface area (Å²) >= 11 is 0. The second-order valence-corrected chi connectivity index (χ2v) is 9.26. The summed E-state index contributed by atoms with van der Waals surface area (Å²) in [6.45, 7) is 8.74. The van der Waals surface area contributed by atoms with Crippen LogP contribution in [0.2, 0.25) is 0 Å². The Morgan fingerprint density at radius 3 is 2.08 bits per heavy atom. The average Bonchev–Trinajstić information content (AvgIpc) is 2.86. The second-order valence-electron chi connectivity index (χ2n) is 9.26. The monoisotopic (exact) mass is 541 g/mol. The molecule has 9 nitrogen and oxygen atoms in total. The van der Waals surface area contributed by atoms with Gasteiger partial charge in [0.25, 0.3) is 5.92 Å². The van der Waals surface area contributed by atoms with Crippen LogP contribution in [-0.4, -0.2) is 95.4 Å². The van der Waals surface area contributed by atoms with Gasteiger partial charge in [-0.25, -0.2) is 8.78 Å². The third-order valence-electron chi connectivity index (χ3n) is 6.05. The van der Waals surface area contributed by atoms with E-state index in [1.165, 1.54) is 7.11 Å². The summed E-state index contributed by atoms with van der Waals surface area (Å²) in [5.41, 5.74) is 5.77. The first-order valence-corrected chi connectivity index (χ1v) is 13.6. The van der Waals surface area contributed by atoms with E-state index in [9.17, 15) is 4.79 Å². The molecule has 220 valence electrons. The number of unbranched alkanes of at least 4 members (excludes halogenated alkanes) is 3. The molecule has 11 heteroatoms. The van der Waals surface area contributed by atoms with Crippen molar-refractivity contribution in [1.29, 1.82) is 0 Å². The van der Waals surface area contributed by atoms with E-state index in [1.54, 1.807) is 6.92 Å². The van der Waals surface area contributed by atoms with Gasteiger partial charge in [0.15, 0.2) is 6.10 Å². The Balaban J connectivity index is 3.32. The Morgan fingerprint density at radius 2 is 1.51 bits per heavy atom. The smallest absolute Gasteiger partial charge is 0.323 e. The molecule has 0 amide bonds. The van der Waals surface area contributed by atoms with Crippen molar-refractivity contribution < 1.29 is 46.7 Å². The van der Waals surface area contributed by atoms with Gasteiger partial charge in [0, 0.05) is 33.4 Å². The number of esters is 1. The second kappa shape index (κ2) is 19.2. The summed E-state index contributed by atoms with van der Waals surface area (Å²) in [6.07, 6.45) is -1.33. The standard InChI is InChI=1S/C26H49F2NO8/c1-6-10-13-32-17-20-21(34-14-11-7-2)22(35-15-12-8-3)23(36-18-31-5)24(37-20)26(27,28)16-19(29)25(30)33-9-4/h19-24H,6-18,29H2,1-5H3/t19-,20-,21+,22+,23-,24+/m1/s1. The van der Waals surface area contributed by atoms with Gasteiger partial charge in [-0.3, -0.25) is 4.79 Å². The molecule has 37 heavy (non-hydrogen) atoms. The van der Waals surface area contributed by atoms with Crippen molar-refractivity contribution in [2.75, 3.05) is 46.9 Å². The topological polar surface area (TPSA) is 108 Å². The molecule has 1 saturated heterocycles. The lowest BCUT2D eigenvalue weighted by atomic mass is 9.89. The largest absolute Gasteiger partial charge is 0.465 e. The molecule has 1 heterocycles. The third-order valence-corrected chi connectivity index (χ3v) is 6.05. The fourth-order valence-corrected chi connectivity index (χ4v) is 4.02. The van der Waals surface area contributed by atoms with Crippen LogP contribution in [0.5, 0.6) is 0 Å². The first-order valence-electron chi connectivity index (χ1n) is 13.6. The van der Waals surface area contributed by atoms with Crippen LogP contribution in [0.3, 0.4) is 0 Å².